The molecule has 9 heteroatoms. The molecule has 0 spiro atoms. The summed E-state index contributed by atoms with van der Waals surface area (Å²) in [7, 11) is 0. The van der Waals surface area contributed by atoms with Gasteiger partial charge >= 0.3 is 5.95 Å². The summed E-state index contributed by atoms with van der Waals surface area (Å²) in [6.45, 7) is 0.255. The van der Waals surface area contributed by atoms with Crippen LogP contribution in [0.5, 0.6) is 0 Å². The first-order valence-corrected chi connectivity index (χ1v) is 4.53. The monoisotopic (exact) mass is 240 g/mol. The summed E-state index contributed by atoms with van der Waals surface area (Å²) in [5, 5.41) is 14.3. The molecule has 0 saturated carbocycles. The van der Waals surface area contributed by atoms with Gasteiger partial charge in [0, 0.05) is 5.10 Å². The fourth-order valence-corrected chi connectivity index (χ4v) is 1.13. The lowest BCUT2D eigenvalue weighted by Crippen LogP contribution is -2.03. The van der Waals surface area contributed by atoms with Crippen LogP contribution in [0.4, 0.5) is 5.95 Å². The Morgan fingerprint density at radius 1 is 1.38 bits per heavy atom. The van der Waals surface area contributed by atoms with Gasteiger partial charge in [-0.05, 0) is 4.92 Å². The smallest absolute Gasteiger partial charge is 0.390 e. The molecule has 0 bridgehead atoms. The Labute approximate surface area is 94.1 Å². The molecule has 0 aliphatic heterocycles. The van der Waals surface area contributed by atoms with Crippen LogP contribution in [0.25, 0.3) is 0 Å². The van der Waals surface area contributed by atoms with E-state index in [2.05, 4.69) is 20.1 Å². The largest absolute Gasteiger partial charge is 0.490 e. The van der Waals surface area contributed by atoms with Gasteiger partial charge in [0.15, 0.2) is 0 Å². The summed E-state index contributed by atoms with van der Waals surface area (Å²) in [6, 6.07) is 0. The molecule has 2 aromatic rings. The topological polar surface area (TPSA) is 99.6 Å². The van der Waals surface area contributed by atoms with Crippen molar-refractivity contribution in [1.29, 1.82) is 0 Å². The average molecular weight is 241 g/mol. The molecule has 0 aliphatic rings. The van der Waals surface area contributed by atoms with Gasteiger partial charge in [0.1, 0.15) is 11.7 Å². The van der Waals surface area contributed by atoms with Crippen LogP contribution in [0.2, 0.25) is 5.15 Å². The number of hydrogen-bond donors (Lipinski definition) is 0. The van der Waals surface area contributed by atoms with Gasteiger partial charge in [0.2, 0.25) is 6.33 Å². The van der Waals surface area contributed by atoms with E-state index in [0.717, 1.165) is 0 Å². The fourth-order valence-electron chi connectivity index (χ4n) is 1.03. The molecule has 82 valence electrons. The van der Waals surface area contributed by atoms with E-state index in [1.165, 1.54) is 23.4 Å². The maximum atomic E-state index is 10.3. The van der Waals surface area contributed by atoms with Crippen LogP contribution >= 0.6 is 11.6 Å². The minimum absolute atomic E-state index is 0.255. The molecule has 0 radical (unpaired) electrons. The summed E-state index contributed by atoms with van der Waals surface area (Å²) in [5.41, 5.74) is 0.587. The highest BCUT2D eigenvalue weighted by Crippen LogP contribution is 2.04. The Morgan fingerprint density at radius 2 is 2.19 bits per heavy atom. The van der Waals surface area contributed by atoms with Crippen molar-refractivity contribution in [2.75, 3.05) is 0 Å². The molecule has 0 aliphatic carbocycles. The number of aromatic nitrogens is 5. The third-order valence-corrected chi connectivity index (χ3v) is 1.88. The molecule has 2 heterocycles. The summed E-state index contributed by atoms with van der Waals surface area (Å²) >= 11 is 5.56. The second-order valence-corrected chi connectivity index (χ2v) is 3.22. The maximum Gasteiger partial charge on any atom is 0.490 e. The van der Waals surface area contributed by atoms with E-state index >= 15 is 0 Å². The normalized spacial score (nSPS) is 10.3. The minimum Gasteiger partial charge on any atom is -0.390 e. The van der Waals surface area contributed by atoms with Crippen molar-refractivity contribution >= 4 is 17.5 Å². The Bertz CT molecular complexity index is 510. The molecule has 0 saturated heterocycles. The molecular weight excluding hydrogens is 236 g/mol. The zero-order valence-electron chi connectivity index (χ0n) is 7.82. The highest BCUT2D eigenvalue weighted by molar-refractivity contribution is 6.29. The third kappa shape index (κ3) is 2.28. The van der Waals surface area contributed by atoms with E-state index in [0.29, 0.717) is 5.69 Å². The Hall–Kier alpha value is -2.09. The van der Waals surface area contributed by atoms with E-state index in [9.17, 15) is 10.1 Å². The van der Waals surface area contributed by atoms with Crippen LogP contribution < -0.4 is 0 Å². The summed E-state index contributed by atoms with van der Waals surface area (Å²) in [4.78, 5) is 21.0. The van der Waals surface area contributed by atoms with Crippen LogP contribution in [-0.4, -0.2) is 29.7 Å². The Kier molecular flexibility index (Phi) is 2.73. The van der Waals surface area contributed by atoms with Gasteiger partial charge in [-0.15, -0.1) is 0 Å². The molecule has 8 nitrogen and oxygen atoms in total. The zero-order valence-corrected chi connectivity index (χ0v) is 8.57. The Morgan fingerprint density at radius 3 is 2.75 bits per heavy atom. The van der Waals surface area contributed by atoms with Gasteiger partial charge in [-0.25, -0.2) is 4.98 Å². The lowest BCUT2D eigenvalue weighted by atomic mass is 10.4. The van der Waals surface area contributed by atoms with E-state index in [-0.39, 0.29) is 11.7 Å². The molecule has 0 amide bonds. The van der Waals surface area contributed by atoms with E-state index < -0.39 is 10.9 Å². The second-order valence-electron chi connectivity index (χ2n) is 2.83. The van der Waals surface area contributed by atoms with Crippen LogP contribution in [0, 0.1) is 10.1 Å². The van der Waals surface area contributed by atoms with Gasteiger partial charge in [0.05, 0.1) is 18.1 Å². The summed E-state index contributed by atoms with van der Waals surface area (Å²) in [6.07, 6.45) is 4.12. The van der Waals surface area contributed by atoms with Crippen molar-refractivity contribution in [2.24, 2.45) is 0 Å². The first kappa shape index (κ1) is 10.4. The fraction of sp³-hybridized carbons (Fsp3) is 0.143. The van der Waals surface area contributed by atoms with Gasteiger partial charge in [-0.1, -0.05) is 16.6 Å². The molecule has 0 unspecified atom stereocenters. The van der Waals surface area contributed by atoms with Crippen LogP contribution in [0.15, 0.2) is 18.7 Å². The van der Waals surface area contributed by atoms with Gasteiger partial charge in [-0.2, -0.15) is 4.68 Å². The molecule has 2 aromatic heterocycles. The van der Waals surface area contributed by atoms with E-state index in [1.54, 1.807) is 0 Å². The SMILES string of the molecule is O=[N+]([O-])c1ncn(Cc2cnc(Cl)cn2)n1. The average Bonchev–Trinajstić information content (AvgIpc) is 2.70. The van der Waals surface area contributed by atoms with Gasteiger partial charge in [-0.3, -0.25) is 4.98 Å². The lowest BCUT2D eigenvalue weighted by Gasteiger charge is -1.95. The van der Waals surface area contributed by atoms with Crippen molar-refractivity contribution in [3.05, 3.63) is 39.7 Å². The Balaban J connectivity index is 2.14. The first-order valence-electron chi connectivity index (χ1n) is 4.15. The molecule has 0 aromatic carbocycles. The van der Waals surface area contributed by atoms with Crippen molar-refractivity contribution < 1.29 is 4.92 Å². The van der Waals surface area contributed by atoms with E-state index in [1.807, 2.05) is 0 Å². The predicted octanol–water partition coefficient (Wildman–Crippen LogP) is 0.678. The number of rotatable bonds is 3. The maximum absolute atomic E-state index is 10.3. The third-order valence-electron chi connectivity index (χ3n) is 1.69. The van der Waals surface area contributed by atoms with Crippen molar-refractivity contribution in [3.8, 4) is 0 Å². The number of nitrogens with zero attached hydrogens (tertiary/aromatic N) is 6. The van der Waals surface area contributed by atoms with Crippen LogP contribution in [0.3, 0.4) is 0 Å². The molecular formula is C7H5ClN6O2. The van der Waals surface area contributed by atoms with Crippen molar-refractivity contribution in [2.45, 2.75) is 6.54 Å². The first-order chi connectivity index (χ1) is 7.65. The summed E-state index contributed by atoms with van der Waals surface area (Å²) in [5.74, 6) is -0.443. The second kappa shape index (κ2) is 4.19. The molecule has 16 heavy (non-hydrogen) atoms. The quantitative estimate of drug-likeness (QED) is 0.578. The lowest BCUT2D eigenvalue weighted by molar-refractivity contribution is -0.394. The molecule has 0 atom stereocenters. The highest BCUT2D eigenvalue weighted by atomic mass is 35.5. The van der Waals surface area contributed by atoms with Crippen molar-refractivity contribution in [1.82, 2.24) is 24.7 Å². The molecule has 0 fully saturated rings. The standard InChI is InChI=1S/C7H5ClN6O2/c8-6-2-9-5(1-10-6)3-13-4-11-7(12-13)14(15)16/h1-2,4H,3H2. The molecule has 2 rings (SSSR count). The number of halogens is 1. The van der Waals surface area contributed by atoms with Gasteiger partial charge in [0.25, 0.3) is 0 Å². The number of nitro groups is 1. The summed E-state index contributed by atoms with van der Waals surface area (Å²) < 4.78 is 1.30. The number of hydrogen-bond acceptors (Lipinski definition) is 6. The zero-order chi connectivity index (χ0) is 11.5. The predicted molar refractivity (Wildman–Crippen MR) is 52.8 cm³/mol. The van der Waals surface area contributed by atoms with Crippen LogP contribution in [-0.2, 0) is 6.54 Å². The van der Waals surface area contributed by atoms with E-state index in [4.69, 9.17) is 11.6 Å². The van der Waals surface area contributed by atoms with Crippen molar-refractivity contribution in [3.63, 3.8) is 0 Å². The minimum atomic E-state index is -0.663. The molecule has 0 N–H and O–H groups in total. The van der Waals surface area contributed by atoms with Gasteiger partial charge < -0.3 is 10.1 Å². The highest BCUT2D eigenvalue weighted by Gasteiger charge is 2.13. The van der Waals surface area contributed by atoms with Crippen LogP contribution in [0.1, 0.15) is 5.69 Å².